The SMILES string of the molecule is CCCCc1noc(CNc2cc(C(=O)NC3CC3)ccc2C)n1. The molecule has 1 aliphatic carbocycles. The first-order chi connectivity index (χ1) is 11.7. The zero-order valence-corrected chi connectivity index (χ0v) is 14.3. The molecule has 1 aromatic carbocycles. The number of unbranched alkanes of at least 4 members (excludes halogenated alkanes) is 1. The Morgan fingerprint density at radius 3 is 2.96 bits per heavy atom. The van der Waals surface area contributed by atoms with Gasteiger partial charge in [0.1, 0.15) is 0 Å². The molecule has 0 radical (unpaired) electrons. The molecule has 1 aliphatic rings. The second-order valence-corrected chi connectivity index (χ2v) is 6.34. The molecule has 1 amide bonds. The number of amides is 1. The van der Waals surface area contributed by atoms with Gasteiger partial charge in [0.25, 0.3) is 5.91 Å². The maximum Gasteiger partial charge on any atom is 0.251 e. The van der Waals surface area contributed by atoms with Gasteiger partial charge in [0.2, 0.25) is 5.89 Å². The van der Waals surface area contributed by atoms with E-state index >= 15 is 0 Å². The van der Waals surface area contributed by atoms with Crippen LogP contribution in [0.15, 0.2) is 22.7 Å². The van der Waals surface area contributed by atoms with Gasteiger partial charge >= 0.3 is 0 Å². The van der Waals surface area contributed by atoms with Gasteiger partial charge in [-0.05, 0) is 43.9 Å². The van der Waals surface area contributed by atoms with Crippen LogP contribution in [0, 0.1) is 6.92 Å². The highest BCUT2D eigenvalue weighted by molar-refractivity contribution is 5.95. The van der Waals surface area contributed by atoms with Crippen molar-refractivity contribution in [1.29, 1.82) is 0 Å². The zero-order chi connectivity index (χ0) is 16.9. The van der Waals surface area contributed by atoms with Gasteiger partial charge in [-0.25, -0.2) is 0 Å². The third-order valence-corrected chi connectivity index (χ3v) is 4.11. The van der Waals surface area contributed by atoms with Crippen molar-refractivity contribution in [3.63, 3.8) is 0 Å². The predicted molar refractivity (Wildman–Crippen MR) is 91.9 cm³/mol. The molecule has 2 aromatic rings. The smallest absolute Gasteiger partial charge is 0.251 e. The topological polar surface area (TPSA) is 80.0 Å². The fourth-order valence-electron chi connectivity index (χ4n) is 2.42. The number of benzene rings is 1. The Bertz CT molecular complexity index is 707. The molecule has 128 valence electrons. The van der Waals surface area contributed by atoms with E-state index in [1.807, 2.05) is 25.1 Å². The van der Waals surface area contributed by atoms with Gasteiger partial charge in [-0.3, -0.25) is 4.79 Å². The number of hydrogen-bond acceptors (Lipinski definition) is 5. The molecule has 1 aromatic heterocycles. The molecule has 1 heterocycles. The lowest BCUT2D eigenvalue weighted by molar-refractivity contribution is 0.0951. The Hall–Kier alpha value is -2.37. The van der Waals surface area contributed by atoms with Gasteiger partial charge < -0.3 is 15.2 Å². The number of rotatable bonds is 8. The second-order valence-electron chi connectivity index (χ2n) is 6.34. The Balaban J connectivity index is 1.61. The normalized spacial score (nSPS) is 13.8. The quantitative estimate of drug-likeness (QED) is 0.777. The Labute approximate surface area is 142 Å². The Morgan fingerprint density at radius 1 is 1.38 bits per heavy atom. The Morgan fingerprint density at radius 2 is 2.21 bits per heavy atom. The molecule has 0 aliphatic heterocycles. The number of anilines is 1. The van der Waals surface area contributed by atoms with Crippen molar-refractivity contribution in [2.75, 3.05) is 5.32 Å². The zero-order valence-electron chi connectivity index (χ0n) is 14.3. The van der Waals surface area contributed by atoms with Crippen LogP contribution >= 0.6 is 0 Å². The van der Waals surface area contributed by atoms with Crippen molar-refractivity contribution < 1.29 is 9.32 Å². The third-order valence-electron chi connectivity index (χ3n) is 4.11. The van der Waals surface area contributed by atoms with Crippen LogP contribution in [-0.4, -0.2) is 22.1 Å². The summed E-state index contributed by atoms with van der Waals surface area (Å²) in [6, 6.07) is 6.04. The summed E-state index contributed by atoms with van der Waals surface area (Å²) >= 11 is 0. The third kappa shape index (κ3) is 4.34. The lowest BCUT2D eigenvalue weighted by Crippen LogP contribution is -2.25. The van der Waals surface area contributed by atoms with Gasteiger partial charge in [-0.15, -0.1) is 0 Å². The van der Waals surface area contributed by atoms with E-state index in [-0.39, 0.29) is 5.91 Å². The lowest BCUT2D eigenvalue weighted by Gasteiger charge is -2.10. The predicted octanol–water partition coefficient (Wildman–Crippen LogP) is 3.22. The second kappa shape index (κ2) is 7.47. The van der Waals surface area contributed by atoms with Crippen molar-refractivity contribution in [2.24, 2.45) is 0 Å². The minimum atomic E-state index is -0.0137. The summed E-state index contributed by atoms with van der Waals surface area (Å²) in [5.41, 5.74) is 2.65. The summed E-state index contributed by atoms with van der Waals surface area (Å²) in [7, 11) is 0. The van der Waals surface area contributed by atoms with Gasteiger partial charge in [0.15, 0.2) is 5.82 Å². The number of hydrogen-bond donors (Lipinski definition) is 2. The van der Waals surface area contributed by atoms with E-state index in [4.69, 9.17) is 4.52 Å². The van der Waals surface area contributed by atoms with Crippen LogP contribution in [0.2, 0.25) is 0 Å². The molecule has 0 unspecified atom stereocenters. The molecule has 0 atom stereocenters. The summed E-state index contributed by atoms with van der Waals surface area (Å²) in [6.07, 6.45) is 5.18. The lowest BCUT2D eigenvalue weighted by atomic mass is 10.1. The Kier molecular flexibility index (Phi) is 5.13. The maximum absolute atomic E-state index is 12.2. The van der Waals surface area contributed by atoms with E-state index in [2.05, 4.69) is 27.7 Å². The van der Waals surface area contributed by atoms with Gasteiger partial charge in [-0.1, -0.05) is 24.6 Å². The summed E-state index contributed by atoms with van der Waals surface area (Å²) < 4.78 is 5.26. The molecule has 24 heavy (non-hydrogen) atoms. The first-order valence-corrected chi connectivity index (χ1v) is 8.62. The van der Waals surface area contributed by atoms with Crippen LogP contribution in [0.25, 0.3) is 0 Å². The fraction of sp³-hybridized carbons (Fsp3) is 0.500. The van der Waals surface area contributed by atoms with Crippen LogP contribution in [0.4, 0.5) is 5.69 Å². The van der Waals surface area contributed by atoms with Crippen LogP contribution in [-0.2, 0) is 13.0 Å². The van der Waals surface area contributed by atoms with Crippen LogP contribution in [0.1, 0.15) is 60.2 Å². The van der Waals surface area contributed by atoms with Gasteiger partial charge in [-0.2, -0.15) is 4.98 Å². The summed E-state index contributed by atoms with van der Waals surface area (Å²) in [5, 5.41) is 10.3. The number of aryl methyl sites for hydroxylation is 2. The molecule has 6 heteroatoms. The van der Waals surface area contributed by atoms with E-state index in [0.29, 0.717) is 24.0 Å². The van der Waals surface area contributed by atoms with E-state index in [0.717, 1.165) is 49.2 Å². The van der Waals surface area contributed by atoms with E-state index < -0.39 is 0 Å². The van der Waals surface area contributed by atoms with E-state index in [1.54, 1.807) is 0 Å². The summed E-state index contributed by atoms with van der Waals surface area (Å²) in [5.74, 6) is 1.30. The molecule has 3 rings (SSSR count). The highest BCUT2D eigenvalue weighted by atomic mass is 16.5. The number of aromatic nitrogens is 2. The van der Waals surface area contributed by atoms with Crippen molar-refractivity contribution >= 4 is 11.6 Å². The van der Waals surface area contributed by atoms with E-state index in [9.17, 15) is 4.79 Å². The summed E-state index contributed by atoms with van der Waals surface area (Å²) in [6.45, 7) is 4.59. The molecule has 0 saturated heterocycles. The highest BCUT2D eigenvalue weighted by Crippen LogP contribution is 2.21. The van der Waals surface area contributed by atoms with Crippen molar-refractivity contribution in [3.8, 4) is 0 Å². The molecule has 6 nitrogen and oxygen atoms in total. The number of nitrogens with zero attached hydrogens (tertiary/aromatic N) is 2. The average molecular weight is 328 g/mol. The molecule has 1 saturated carbocycles. The molecule has 0 bridgehead atoms. The number of carbonyl (C=O) groups excluding carboxylic acids is 1. The molecular formula is C18H24N4O2. The van der Waals surface area contributed by atoms with Crippen LogP contribution < -0.4 is 10.6 Å². The van der Waals surface area contributed by atoms with Gasteiger partial charge in [0.05, 0.1) is 6.54 Å². The van der Waals surface area contributed by atoms with Crippen molar-refractivity contribution in [3.05, 3.63) is 41.0 Å². The minimum Gasteiger partial charge on any atom is -0.376 e. The monoisotopic (exact) mass is 328 g/mol. The first-order valence-electron chi connectivity index (χ1n) is 8.62. The van der Waals surface area contributed by atoms with E-state index in [1.165, 1.54) is 0 Å². The number of carbonyl (C=O) groups is 1. The molecule has 2 N–H and O–H groups in total. The average Bonchev–Trinajstić information content (AvgIpc) is 3.28. The molecular weight excluding hydrogens is 304 g/mol. The molecule has 0 spiro atoms. The standard InChI is InChI=1S/C18H24N4O2/c1-3-4-5-16-21-17(24-22-16)11-19-15-10-13(7-6-12(15)2)18(23)20-14-8-9-14/h6-7,10,14,19H,3-5,8-9,11H2,1-2H3,(H,20,23). The van der Waals surface area contributed by atoms with Gasteiger partial charge in [0, 0.05) is 23.7 Å². The molecule has 1 fully saturated rings. The van der Waals surface area contributed by atoms with Crippen LogP contribution in [0.5, 0.6) is 0 Å². The summed E-state index contributed by atoms with van der Waals surface area (Å²) in [4.78, 5) is 16.5. The van der Waals surface area contributed by atoms with Crippen LogP contribution in [0.3, 0.4) is 0 Å². The fourth-order valence-corrected chi connectivity index (χ4v) is 2.42. The minimum absolute atomic E-state index is 0.0137. The maximum atomic E-state index is 12.2. The first kappa shape index (κ1) is 16.5. The largest absolute Gasteiger partial charge is 0.376 e. The van der Waals surface area contributed by atoms with Crippen molar-refractivity contribution in [2.45, 2.75) is 58.5 Å². The number of nitrogens with one attached hydrogen (secondary N) is 2. The highest BCUT2D eigenvalue weighted by Gasteiger charge is 2.23. The van der Waals surface area contributed by atoms with Crippen molar-refractivity contribution in [1.82, 2.24) is 15.5 Å².